The Morgan fingerprint density at radius 3 is 2.18 bits per heavy atom. The minimum absolute atomic E-state index is 0.307. The van der Waals surface area contributed by atoms with E-state index in [4.69, 9.17) is 9.31 Å². The van der Waals surface area contributed by atoms with Gasteiger partial charge in [0.15, 0.2) is 0 Å². The summed E-state index contributed by atoms with van der Waals surface area (Å²) in [5.41, 5.74) is 2.15. The lowest BCUT2D eigenvalue weighted by atomic mass is 9.70. The van der Waals surface area contributed by atoms with Gasteiger partial charge in [-0.05, 0) is 56.5 Å². The van der Waals surface area contributed by atoms with Gasteiger partial charge in [-0.2, -0.15) is 0 Å². The third-order valence-electron chi connectivity index (χ3n) is 6.31. The molecule has 3 rings (SSSR count). The fourth-order valence-electron chi connectivity index (χ4n) is 3.66. The van der Waals surface area contributed by atoms with Crippen molar-refractivity contribution in [3.05, 3.63) is 35.9 Å². The van der Waals surface area contributed by atoms with Crippen LogP contribution in [0.1, 0.15) is 54.9 Å². The zero-order valence-electron chi connectivity index (χ0n) is 15.1. The smallest absolute Gasteiger partial charge is 0.399 e. The van der Waals surface area contributed by atoms with Crippen LogP contribution in [-0.2, 0) is 9.31 Å². The SMILES string of the molecule is C=C(B1OC(C)(C)C(C)(C)O1)C1=CC2CC2(C(C)(C)C)C=C1. The van der Waals surface area contributed by atoms with Crippen molar-refractivity contribution >= 4 is 7.12 Å². The molecule has 2 nitrogen and oxygen atoms in total. The molecule has 1 aliphatic heterocycles. The molecule has 1 saturated heterocycles. The van der Waals surface area contributed by atoms with Crippen molar-refractivity contribution in [2.75, 3.05) is 0 Å². The van der Waals surface area contributed by atoms with Gasteiger partial charge in [-0.15, -0.1) is 0 Å². The van der Waals surface area contributed by atoms with Gasteiger partial charge in [0.25, 0.3) is 0 Å². The molecule has 0 aromatic carbocycles. The summed E-state index contributed by atoms with van der Waals surface area (Å²) in [7, 11) is -0.346. The Labute approximate surface area is 135 Å². The second-order valence-electron chi connectivity index (χ2n) is 9.17. The lowest BCUT2D eigenvalue weighted by Gasteiger charge is -2.32. The molecule has 0 N–H and O–H groups in total. The molecular weight excluding hydrogens is 271 g/mol. The molecule has 1 saturated carbocycles. The van der Waals surface area contributed by atoms with Gasteiger partial charge >= 0.3 is 7.12 Å². The maximum absolute atomic E-state index is 6.12. The molecule has 0 aromatic rings. The molecule has 2 aliphatic carbocycles. The van der Waals surface area contributed by atoms with Gasteiger partial charge in [0.2, 0.25) is 0 Å². The number of hydrogen-bond acceptors (Lipinski definition) is 2. The van der Waals surface area contributed by atoms with E-state index < -0.39 is 0 Å². The summed E-state index contributed by atoms with van der Waals surface area (Å²) in [6, 6.07) is 0. The Hall–Kier alpha value is -0.795. The lowest BCUT2D eigenvalue weighted by molar-refractivity contribution is 0.00578. The number of rotatable bonds is 2. The molecule has 0 bridgehead atoms. The van der Waals surface area contributed by atoms with Gasteiger partial charge in [-0.3, -0.25) is 0 Å². The first-order chi connectivity index (χ1) is 9.90. The third-order valence-corrected chi connectivity index (χ3v) is 6.31. The van der Waals surface area contributed by atoms with Crippen LogP contribution in [-0.4, -0.2) is 18.3 Å². The van der Waals surface area contributed by atoms with Crippen molar-refractivity contribution < 1.29 is 9.31 Å². The normalized spacial score (nSPS) is 35.1. The van der Waals surface area contributed by atoms with Crippen LogP contribution in [0.2, 0.25) is 0 Å². The highest BCUT2D eigenvalue weighted by molar-refractivity contribution is 6.56. The van der Waals surface area contributed by atoms with Gasteiger partial charge in [-0.1, -0.05) is 45.6 Å². The molecule has 0 amide bonds. The fourth-order valence-corrected chi connectivity index (χ4v) is 3.66. The monoisotopic (exact) mass is 300 g/mol. The van der Waals surface area contributed by atoms with Crippen molar-refractivity contribution in [3.63, 3.8) is 0 Å². The average molecular weight is 300 g/mol. The zero-order chi connectivity index (χ0) is 16.6. The second kappa shape index (κ2) is 4.39. The largest absolute Gasteiger partial charge is 0.494 e. The van der Waals surface area contributed by atoms with Gasteiger partial charge in [-0.25, -0.2) is 0 Å². The standard InChI is InChI=1S/C19H29BO2/c1-13(20-21-17(5,6)18(7,8)22-20)14-9-10-19(16(2,3)4)12-15(19)11-14/h9-11,15H,1,12H2,2-8H3. The van der Waals surface area contributed by atoms with Crippen molar-refractivity contribution in [1.82, 2.24) is 0 Å². The molecule has 120 valence electrons. The van der Waals surface area contributed by atoms with E-state index in [2.05, 4.69) is 73.3 Å². The molecule has 1 heterocycles. The third kappa shape index (κ3) is 2.17. The molecule has 22 heavy (non-hydrogen) atoms. The van der Waals surface area contributed by atoms with Crippen LogP contribution in [0.3, 0.4) is 0 Å². The Kier molecular flexibility index (Phi) is 3.21. The molecule has 2 atom stereocenters. The van der Waals surface area contributed by atoms with Crippen molar-refractivity contribution in [1.29, 1.82) is 0 Å². The molecule has 0 radical (unpaired) electrons. The summed E-state index contributed by atoms with van der Waals surface area (Å²) in [5, 5.41) is 0. The Morgan fingerprint density at radius 1 is 1.18 bits per heavy atom. The first-order valence-electron chi connectivity index (χ1n) is 8.36. The van der Waals surface area contributed by atoms with Crippen LogP contribution in [0.15, 0.2) is 35.9 Å². The van der Waals surface area contributed by atoms with E-state index in [-0.39, 0.29) is 18.3 Å². The van der Waals surface area contributed by atoms with E-state index in [0.717, 1.165) is 5.47 Å². The second-order valence-corrected chi connectivity index (χ2v) is 9.17. The number of fused-ring (bicyclic) bond motifs is 1. The number of allylic oxidation sites excluding steroid dienone is 5. The van der Waals surface area contributed by atoms with Crippen LogP contribution in [0, 0.1) is 16.7 Å². The summed E-state index contributed by atoms with van der Waals surface area (Å²) in [5.74, 6) is 0.631. The fraction of sp³-hybridized carbons (Fsp3) is 0.684. The van der Waals surface area contributed by atoms with E-state index >= 15 is 0 Å². The van der Waals surface area contributed by atoms with Crippen LogP contribution < -0.4 is 0 Å². The summed E-state index contributed by atoms with van der Waals surface area (Å²) in [6.45, 7) is 19.6. The summed E-state index contributed by atoms with van der Waals surface area (Å²) < 4.78 is 12.2. The first kappa shape index (κ1) is 16.1. The van der Waals surface area contributed by atoms with E-state index in [0.29, 0.717) is 16.7 Å². The predicted octanol–water partition coefficient (Wildman–Crippen LogP) is 4.72. The molecular formula is C19H29BO2. The number of hydrogen-bond donors (Lipinski definition) is 0. The topological polar surface area (TPSA) is 18.5 Å². The molecule has 3 aliphatic rings. The van der Waals surface area contributed by atoms with Crippen molar-refractivity contribution in [2.24, 2.45) is 16.7 Å². The van der Waals surface area contributed by atoms with Gasteiger partial charge in [0.05, 0.1) is 11.2 Å². The first-order valence-corrected chi connectivity index (χ1v) is 8.36. The highest BCUT2D eigenvalue weighted by atomic mass is 16.7. The molecule has 2 unspecified atom stereocenters. The van der Waals surface area contributed by atoms with Gasteiger partial charge in [0, 0.05) is 5.41 Å². The minimum Gasteiger partial charge on any atom is -0.399 e. The van der Waals surface area contributed by atoms with E-state index in [1.165, 1.54) is 12.0 Å². The van der Waals surface area contributed by atoms with Crippen LogP contribution in [0.5, 0.6) is 0 Å². The molecule has 2 fully saturated rings. The molecule has 3 heteroatoms. The van der Waals surface area contributed by atoms with Crippen LogP contribution in [0.4, 0.5) is 0 Å². The summed E-state index contributed by atoms with van der Waals surface area (Å²) in [4.78, 5) is 0. The lowest BCUT2D eigenvalue weighted by Crippen LogP contribution is -2.41. The predicted molar refractivity (Wildman–Crippen MR) is 92.4 cm³/mol. The zero-order valence-corrected chi connectivity index (χ0v) is 15.1. The molecule has 0 aromatic heterocycles. The maximum Gasteiger partial charge on any atom is 0.494 e. The summed E-state index contributed by atoms with van der Waals surface area (Å²) >= 11 is 0. The van der Waals surface area contributed by atoms with Gasteiger partial charge < -0.3 is 9.31 Å². The van der Waals surface area contributed by atoms with E-state index in [1.807, 2.05) is 0 Å². The van der Waals surface area contributed by atoms with E-state index in [1.54, 1.807) is 0 Å². The Morgan fingerprint density at radius 2 is 1.73 bits per heavy atom. The van der Waals surface area contributed by atoms with E-state index in [9.17, 15) is 0 Å². The average Bonchev–Trinajstić information content (AvgIpc) is 3.05. The van der Waals surface area contributed by atoms with Crippen LogP contribution >= 0.6 is 0 Å². The quantitative estimate of drug-likeness (QED) is 0.687. The summed E-state index contributed by atoms with van der Waals surface area (Å²) in [6.07, 6.45) is 8.23. The Balaban J connectivity index is 1.76. The highest BCUT2D eigenvalue weighted by Crippen LogP contribution is 2.66. The van der Waals surface area contributed by atoms with Gasteiger partial charge in [0.1, 0.15) is 0 Å². The van der Waals surface area contributed by atoms with Crippen molar-refractivity contribution in [3.8, 4) is 0 Å². The minimum atomic E-state index is -0.346. The van der Waals surface area contributed by atoms with Crippen molar-refractivity contribution in [2.45, 2.75) is 66.1 Å². The van der Waals surface area contributed by atoms with Crippen LogP contribution in [0.25, 0.3) is 0 Å². The maximum atomic E-state index is 6.12. The molecule has 0 spiro atoms. The highest BCUT2D eigenvalue weighted by Gasteiger charge is 2.59. The Bertz CT molecular complexity index is 561.